The third-order valence-electron chi connectivity index (χ3n) is 2.61. The Morgan fingerprint density at radius 1 is 1.47 bits per heavy atom. The summed E-state index contributed by atoms with van der Waals surface area (Å²) in [6.45, 7) is 2.06. The van der Waals surface area contributed by atoms with E-state index in [-0.39, 0.29) is 12.4 Å². The number of aromatic nitrogens is 2. The molecule has 1 N–H and O–H groups in total. The van der Waals surface area contributed by atoms with Gasteiger partial charge in [-0.05, 0) is 54.8 Å². The van der Waals surface area contributed by atoms with Crippen molar-refractivity contribution in [2.75, 3.05) is 7.05 Å². The molecule has 1 atom stereocenters. The minimum Gasteiger partial charge on any atom is -0.334 e. The Bertz CT molecular complexity index is 548. The number of halogens is 3. The van der Waals surface area contributed by atoms with Crippen molar-refractivity contribution in [3.8, 4) is 11.5 Å². The lowest BCUT2D eigenvalue weighted by Gasteiger charge is -2.04. The molecule has 1 heterocycles. The maximum atomic E-state index is 6.16. The van der Waals surface area contributed by atoms with Crippen LogP contribution in [0.4, 0.5) is 0 Å². The summed E-state index contributed by atoms with van der Waals surface area (Å²) in [5.74, 6) is 1.15. The van der Waals surface area contributed by atoms with Crippen LogP contribution in [0, 0.1) is 3.57 Å². The predicted octanol–water partition coefficient (Wildman–Crippen LogP) is 3.57. The van der Waals surface area contributed by atoms with Crippen LogP contribution in [0.2, 0.25) is 5.02 Å². The summed E-state index contributed by atoms with van der Waals surface area (Å²) in [7, 11) is 1.90. The third kappa shape index (κ3) is 4.30. The van der Waals surface area contributed by atoms with Gasteiger partial charge in [0.1, 0.15) is 0 Å². The Labute approximate surface area is 136 Å². The van der Waals surface area contributed by atoms with Crippen LogP contribution in [0.15, 0.2) is 22.7 Å². The second-order valence-electron chi connectivity index (χ2n) is 4.03. The Morgan fingerprint density at radius 3 is 2.84 bits per heavy atom. The van der Waals surface area contributed by atoms with Crippen LogP contribution in [0.3, 0.4) is 0 Å². The molecule has 104 valence electrons. The van der Waals surface area contributed by atoms with Gasteiger partial charge in [0.25, 0.3) is 5.89 Å². The number of rotatable bonds is 4. The van der Waals surface area contributed by atoms with E-state index in [9.17, 15) is 0 Å². The Kier molecular flexibility index (Phi) is 6.52. The number of hydrogen-bond acceptors (Lipinski definition) is 4. The molecule has 0 bridgehead atoms. The van der Waals surface area contributed by atoms with Crippen LogP contribution in [0.5, 0.6) is 0 Å². The van der Waals surface area contributed by atoms with Crippen LogP contribution in [0.1, 0.15) is 12.7 Å². The highest BCUT2D eigenvalue weighted by Crippen LogP contribution is 2.28. The first-order valence-corrected chi connectivity index (χ1v) is 7.01. The molecule has 0 saturated heterocycles. The number of benzene rings is 1. The zero-order valence-electron chi connectivity index (χ0n) is 10.5. The van der Waals surface area contributed by atoms with Gasteiger partial charge in [-0.2, -0.15) is 4.98 Å². The van der Waals surface area contributed by atoms with Crippen molar-refractivity contribution in [3.05, 3.63) is 32.6 Å². The van der Waals surface area contributed by atoms with E-state index in [2.05, 4.69) is 45.0 Å². The highest BCUT2D eigenvalue weighted by atomic mass is 127. The minimum absolute atomic E-state index is 0. The molecule has 0 spiro atoms. The van der Waals surface area contributed by atoms with E-state index in [1.807, 2.05) is 25.2 Å². The zero-order chi connectivity index (χ0) is 13.1. The lowest BCUT2D eigenvalue weighted by atomic mass is 10.2. The minimum atomic E-state index is 0. The highest BCUT2D eigenvalue weighted by molar-refractivity contribution is 14.1. The first-order chi connectivity index (χ1) is 8.60. The first kappa shape index (κ1) is 16.7. The van der Waals surface area contributed by atoms with Gasteiger partial charge in [-0.1, -0.05) is 16.8 Å². The molecule has 1 unspecified atom stereocenters. The normalized spacial score (nSPS) is 12.0. The van der Waals surface area contributed by atoms with Gasteiger partial charge < -0.3 is 9.84 Å². The maximum Gasteiger partial charge on any atom is 0.259 e. The molecule has 2 aromatic rings. The van der Waals surface area contributed by atoms with Crippen molar-refractivity contribution in [1.82, 2.24) is 15.5 Å². The number of hydrogen-bond donors (Lipinski definition) is 1. The molecule has 0 radical (unpaired) electrons. The number of nitrogens with one attached hydrogen (secondary N) is 1. The molecule has 0 fully saturated rings. The molecule has 2 rings (SSSR count). The van der Waals surface area contributed by atoms with Crippen molar-refractivity contribution >= 4 is 46.6 Å². The standard InChI is InChI=1S/C12H13ClIN3O.ClH/c1-7(15-2)5-11-16-12(18-17-11)9-4-3-8(14)6-10(9)13;/h3-4,6-7,15H,5H2,1-2H3;1H. The summed E-state index contributed by atoms with van der Waals surface area (Å²) in [4.78, 5) is 4.35. The third-order valence-corrected chi connectivity index (χ3v) is 3.59. The first-order valence-electron chi connectivity index (χ1n) is 5.55. The van der Waals surface area contributed by atoms with Crippen LogP contribution < -0.4 is 5.32 Å². The van der Waals surface area contributed by atoms with Crippen LogP contribution in [-0.2, 0) is 6.42 Å². The van der Waals surface area contributed by atoms with Crippen LogP contribution in [0.25, 0.3) is 11.5 Å². The van der Waals surface area contributed by atoms with Crippen LogP contribution >= 0.6 is 46.6 Å². The van der Waals surface area contributed by atoms with Crippen LogP contribution in [-0.4, -0.2) is 23.2 Å². The van der Waals surface area contributed by atoms with Gasteiger partial charge in [-0.3, -0.25) is 0 Å². The zero-order valence-corrected chi connectivity index (χ0v) is 14.2. The summed E-state index contributed by atoms with van der Waals surface area (Å²) in [6, 6.07) is 6.03. The molecule has 0 aliphatic heterocycles. The van der Waals surface area contributed by atoms with Gasteiger partial charge >= 0.3 is 0 Å². The molecule has 1 aromatic heterocycles. The SMILES string of the molecule is CNC(C)Cc1noc(-c2ccc(I)cc2Cl)n1.Cl. The van der Waals surface area contributed by atoms with Gasteiger partial charge in [-0.15, -0.1) is 12.4 Å². The quantitative estimate of drug-likeness (QED) is 0.778. The fourth-order valence-corrected chi connectivity index (χ4v) is 2.42. The van der Waals surface area contributed by atoms with E-state index in [0.717, 1.165) is 15.6 Å². The van der Waals surface area contributed by atoms with Crippen molar-refractivity contribution in [1.29, 1.82) is 0 Å². The smallest absolute Gasteiger partial charge is 0.259 e. The number of nitrogens with zero attached hydrogens (tertiary/aromatic N) is 2. The molecule has 0 amide bonds. The molecule has 7 heteroatoms. The Morgan fingerprint density at radius 2 is 2.21 bits per heavy atom. The fourth-order valence-electron chi connectivity index (χ4n) is 1.49. The Hall–Kier alpha value is -0.370. The molecule has 1 aromatic carbocycles. The predicted molar refractivity (Wildman–Crippen MR) is 86.9 cm³/mol. The second kappa shape index (κ2) is 7.42. The average Bonchev–Trinajstić information content (AvgIpc) is 2.77. The summed E-state index contributed by atoms with van der Waals surface area (Å²) in [5, 5.41) is 7.71. The van der Waals surface area contributed by atoms with E-state index in [4.69, 9.17) is 16.1 Å². The van der Waals surface area contributed by atoms with Gasteiger partial charge in [-0.25, -0.2) is 0 Å². The molecule has 0 saturated carbocycles. The summed E-state index contributed by atoms with van der Waals surface area (Å²) < 4.78 is 6.31. The fraction of sp³-hybridized carbons (Fsp3) is 0.333. The van der Waals surface area contributed by atoms with Gasteiger partial charge in [0.05, 0.1) is 10.6 Å². The lowest BCUT2D eigenvalue weighted by molar-refractivity contribution is 0.418. The van der Waals surface area contributed by atoms with Crippen molar-refractivity contribution < 1.29 is 4.52 Å². The lowest BCUT2D eigenvalue weighted by Crippen LogP contribution is -2.24. The molecule has 0 aliphatic carbocycles. The highest BCUT2D eigenvalue weighted by Gasteiger charge is 2.13. The molecule has 4 nitrogen and oxygen atoms in total. The average molecular weight is 414 g/mol. The molecule has 19 heavy (non-hydrogen) atoms. The van der Waals surface area contributed by atoms with E-state index in [1.54, 1.807) is 0 Å². The summed E-state index contributed by atoms with van der Waals surface area (Å²) >= 11 is 8.37. The number of likely N-dealkylation sites (N-methyl/N-ethyl adjacent to an activating group) is 1. The maximum absolute atomic E-state index is 6.16. The Balaban J connectivity index is 0.00000180. The van der Waals surface area contributed by atoms with Gasteiger partial charge in [0.2, 0.25) is 0 Å². The molecular weight excluding hydrogens is 400 g/mol. The largest absolute Gasteiger partial charge is 0.334 e. The summed E-state index contributed by atoms with van der Waals surface area (Å²) in [5.41, 5.74) is 0.771. The molecular formula is C12H14Cl2IN3O. The van der Waals surface area contributed by atoms with E-state index in [1.165, 1.54) is 0 Å². The topological polar surface area (TPSA) is 51.0 Å². The van der Waals surface area contributed by atoms with Gasteiger partial charge in [0, 0.05) is 16.0 Å². The van der Waals surface area contributed by atoms with E-state index < -0.39 is 0 Å². The van der Waals surface area contributed by atoms with Crippen molar-refractivity contribution in [2.24, 2.45) is 0 Å². The van der Waals surface area contributed by atoms with E-state index >= 15 is 0 Å². The van der Waals surface area contributed by atoms with E-state index in [0.29, 0.717) is 22.8 Å². The second-order valence-corrected chi connectivity index (χ2v) is 5.69. The summed E-state index contributed by atoms with van der Waals surface area (Å²) in [6.07, 6.45) is 0.724. The van der Waals surface area contributed by atoms with Crippen molar-refractivity contribution in [2.45, 2.75) is 19.4 Å². The van der Waals surface area contributed by atoms with Gasteiger partial charge in [0.15, 0.2) is 5.82 Å². The molecule has 0 aliphatic rings. The monoisotopic (exact) mass is 413 g/mol. The van der Waals surface area contributed by atoms with Crippen molar-refractivity contribution in [3.63, 3.8) is 0 Å².